The third kappa shape index (κ3) is 2.29. The summed E-state index contributed by atoms with van der Waals surface area (Å²) in [6.45, 7) is 2.08. The molecule has 0 fully saturated rings. The van der Waals surface area contributed by atoms with Crippen LogP contribution in [0.3, 0.4) is 0 Å². The molecule has 0 radical (unpaired) electrons. The number of nitrogens with zero attached hydrogens (tertiary/aromatic N) is 1. The van der Waals surface area contributed by atoms with Gasteiger partial charge < -0.3 is 4.57 Å². The highest BCUT2D eigenvalue weighted by Gasteiger charge is 2.10. The van der Waals surface area contributed by atoms with E-state index in [1.165, 1.54) is 5.69 Å². The zero-order valence-corrected chi connectivity index (χ0v) is 11.0. The van der Waals surface area contributed by atoms with E-state index in [0.717, 1.165) is 23.6 Å². The van der Waals surface area contributed by atoms with Crippen LogP contribution < -0.4 is 4.72 Å². The zero-order chi connectivity index (χ0) is 12.6. The average molecular weight is 252 g/mol. The highest BCUT2D eigenvalue weighted by atomic mass is 32.2. The summed E-state index contributed by atoms with van der Waals surface area (Å²) in [6, 6.07) is 7.66. The molecule has 5 heteroatoms. The Balaban J connectivity index is 2.65. The quantitative estimate of drug-likeness (QED) is 0.909. The third-order valence-corrected chi connectivity index (χ3v) is 3.43. The number of sulfonamides is 1. The Morgan fingerprint density at radius 1 is 1.35 bits per heavy atom. The van der Waals surface area contributed by atoms with Gasteiger partial charge in [0.05, 0.1) is 17.5 Å². The molecule has 17 heavy (non-hydrogen) atoms. The number of nitrogens with one attached hydrogen (secondary N) is 1. The number of anilines is 1. The lowest BCUT2D eigenvalue weighted by Crippen LogP contribution is -2.09. The first-order chi connectivity index (χ1) is 7.92. The van der Waals surface area contributed by atoms with Crippen LogP contribution >= 0.6 is 0 Å². The first-order valence-corrected chi connectivity index (χ1v) is 7.36. The van der Waals surface area contributed by atoms with Crippen molar-refractivity contribution in [3.8, 4) is 0 Å². The molecule has 0 amide bonds. The predicted octanol–water partition coefficient (Wildman–Crippen LogP) is 2.11. The molecule has 1 heterocycles. The highest BCUT2D eigenvalue weighted by Crippen LogP contribution is 2.27. The second-order valence-corrected chi connectivity index (χ2v) is 5.91. The molecular weight excluding hydrogens is 236 g/mol. The molecule has 0 bridgehead atoms. The summed E-state index contributed by atoms with van der Waals surface area (Å²) < 4.78 is 27.2. The number of hydrogen-bond acceptors (Lipinski definition) is 2. The summed E-state index contributed by atoms with van der Waals surface area (Å²) >= 11 is 0. The lowest BCUT2D eigenvalue weighted by atomic mass is 10.2. The Bertz CT molecular complexity index is 656. The first-order valence-electron chi connectivity index (χ1n) is 5.47. The molecule has 2 rings (SSSR count). The van der Waals surface area contributed by atoms with Crippen molar-refractivity contribution in [2.75, 3.05) is 11.0 Å². The number of hydrogen-bond donors (Lipinski definition) is 1. The standard InChI is InChI=1S/C12H16N2O2S/c1-4-9-8-10-11(13-17(3,15)16)6-5-7-12(10)14(9)2/h5-8,13H,4H2,1-3H3. The fraction of sp³-hybridized carbons (Fsp3) is 0.333. The van der Waals surface area contributed by atoms with E-state index in [1.807, 2.05) is 25.2 Å². The van der Waals surface area contributed by atoms with Crippen LogP contribution in [0.2, 0.25) is 0 Å². The van der Waals surface area contributed by atoms with Crippen molar-refractivity contribution in [1.29, 1.82) is 0 Å². The van der Waals surface area contributed by atoms with Crippen LogP contribution in [-0.2, 0) is 23.5 Å². The van der Waals surface area contributed by atoms with Gasteiger partial charge in [-0.05, 0) is 24.6 Å². The van der Waals surface area contributed by atoms with Crippen LogP contribution in [0.1, 0.15) is 12.6 Å². The van der Waals surface area contributed by atoms with Gasteiger partial charge in [-0.15, -0.1) is 0 Å². The van der Waals surface area contributed by atoms with Gasteiger partial charge in [0, 0.05) is 18.1 Å². The molecule has 4 nitrogen and oxygen atoms in total. The van der Waals surface area contributed by atoms with E-state index >= 15 is 0 Å². The van der Waals surface area contributed by atoms with Crippen LogP contribution in [-0.4, -0.2) is 19.2 Å². The molecule has 0 aliphatic carbocycles. The summed E-state index contributed by atoms with van der Waals surface area (Å²) in [4.78, 5) is 0. The molecule has 0 atom stereocenters. The Morgan fingerprint density at radius 2 is 2.06 bits per heavy atom. The summed E-state index contributed by atoms with van der Waals surface area (Å²) in [6.07, 6.45) is 2.08. The van der Waals surface area contributed by atoms with Crippen molar-refractivity contribution < 1.29 is 8.42 Å². The maximum absolute atomic E-state index is 11.3. The Kier molecular flexibility index (Phi) is 2.87. The Labute approximate surface area is 101 Å². The molecule has 92 valence electrons. The predicted molar refractivity (Wildman–Crippen MR) is 70.8 cm³/mol. The van der Waals surface area contributed by atoms with Crippen molar-refractivity contribution in [2.45, 2.75) is 13.3 Å². The molecule has 0 saturated heterocycles. The Morgan fingerprint density at radius 3 is 2.65 bits per heavy atom. The van der Waals surface area contributed by atoms with Gasteiger partial charge in [-0.3, -0.25) is 4.72 Å². The minimum Gasteiger partial charge on any atom is -0.348 e. The summed E-state index contributed by atoms with van der Waals surface area (Å²) in [5.41, 5.74) is 2.86. The monoisotopic (exact) mass is 252 g/mol. The first kappa shape index (κ1) is 12.0. The normalized spacial score (nSPS) is 11.9. The van der Waals surface area contributed by atoms with E-state index < -0.39 is 10.0 Å². The van der Waals surface area contributed by atoms with Crippen molar-refractivity contribution >= 4 is 26.6 Å². The van der Waals surface area contributed by atoms with Crippen LogP contribution in [0.15, 0.2) is 24.3 Å². The maximum Gasteiger partial charge on any atom is 0.229 e. The van der Waals surface area contributed by atoms with Crippen molar-refractivity contribution in [2.24, 2.45) is 7.05 Å². The van der Waals surface area contributed by atoms with Crippen LogP contribution in [0.5, 0.6) is 0 Å². The number of fused-ring (bicyclic) bond motifs is 1. The second-order valence-electron chi connectivity index (χ2n) is 4.16. The largest absolute Gasteiger partial charge is 0.348 e. The Hall–Kier alpha value is -1.49. The lowest BCUT2D eigenvalue weighted by Gasteiger charge is -2.05. The summed E-state index contributed by atoms with van der Waals surface area (Å²) in [5, 5.41) is 0.942. The van der Waals surface area contributed by atoms with E-state index in [9.17, 15) is 8.42 Å². The molecule has 0 saturated carbocycles. The number of benzene rings is 1. The van der Waals surface area contributed by atoms with Gasteiger partial charge in [-0.1, -0.05) is 13.0 Å². The number of aryl methyl sites for hydroxylation is 2. The highest BCUT2D eigenvalue weighted by molar-refractivity contribution is 7.92. The minimum absolute atomic E-state index is 0.639. The van der Waals surface area contributed by atoms with Gasteiger partial charge in [0.1, 0.15) is 0 Å². The van der Waals surface area contributed by atoms with Crippen molar-refractivity contribution in [3.05, 3.63) is 30.0 Å². The smallest absolute Gasteiger partial charge is 0.229 e. The molecule has 2 aromatic rings. The molecule has 0 aliphatic rings. The lowest BCUT2D eigenvalue weighted by molar-refractivity contribution is 0.607. The SMILES string of the molecule is CCc1cc2c(NS(C)(=O)=O)cccc2n1C. The van der Waals surface area contributed by atoms with Crippen LogP contribution in [0, 0.1) is 0 Å². The van der Waals surface area contributed by atoms with Gasteiger partial charge in [-0.25, -0.2) is 8.42 Å². The zero-order valence-electron chi connectivity index (χ0n) is 10.2. The molecule has 0 spiro atoms. The molecule has 1 aromatic heterocycles. The summed E-state index contributed by atoms with van der Waals surface area (Å²) in [7, 11) is -1.25. The fourth-order valence-corrected chi connectivity index (χ4v) is 2.62. The molecule has 0 unspecified atom stereocenters. The van der Waals surface area contributed by atoms with Crippen molar-refractivity contribution in [1.82, 2.24) is 4.57 Å². The third-order valence-electron chi connectivity index (χ3n) is 2.84. The molecule has 1 N–H and O–H groups in total. The van der Waals surface area contributed by atoms with Crippen LogP contribution in [0.4, 0.5) is 5.69 Å². The topological polar surface area (TPSA) is 51.1 Å². The van der Waals surface area contributed by atoms with Gasteiger partial charge in [0.2, 0.25) is 10.0 Å². The van der Waals surface area contributed by atoms with E-state index in [-0.39, 0.29) is 0 Å². The average Bonchev–Trinajstić information content (AvgIpc) is 2.55. The van der Waals surface area contributed by atoms with E-state index in [4.69, 9.17) is 0 Å². The van der Waals surface area contributed by atoms with E-state index in [1.54, 1.807) is 6.07 Å². The van der Waals surface area contributed by atoms with E-state index in [0.29, 0.717) is 5.69 Å². The minimum atomic E-state index is -3.24. The molecule has 0 aliphatic heterocycles. The van der Waals surface area contributed by atoms with E-state index in [2.05, 4.69) is 16.2 Å². The van der Waals surface area contributed by atoms with Gasteiger partial charge in [0.25, 0.3) is 0 Å². The summed E-state index contributed by atoms with van der Waals surface area (Å²) in [5.74, 6) is 0. The molecule has 1 aromatic carbocycles. The number of rotatable bonds is 3. The fourth-order valence-electron chi connectivity index (χ4n) is 2.04. The molecular formula is C12H16N2O2S. The number of aromatic nitrogens is 1. The maximum atomic E-state index is 11.3. The van der Waals surface area contributed by atoms with Crippen molar-refractivity contribution in [3.63, 3.8) is 0 Å². The second kappa shape index (κ2) is 4.07. The van der Waals surface area contributed by atoms with Gasteiger partial charge in [-0.2, -0.15) is 0 Å². The van der Waals surface area contributed by atoms with Crippen LogP contribution in [0.25, 0.3) is 10.9 Å². The van der Waals surface area contributed by atoms with Gasteiger partial charge >= 0.3 is 0 Å². The van der Waals surface area contributed by atoms with Gasteiger partial charge in [0.15, 0.2) is 0 Å².